The normalized spacial score (nSPS) is 11.1. The second kappa shape index (κ2) is 6.59. The Morgan fingerprint density at radius 2 is 2.08 bits per heavy atom. The highest BCUT2D eigenvalue weighted by atomic mass is 35.5. The van der Waals surface area contributed by atoms with Gasteiger partial charge in [-0.05, 0) is 36.4 Å². The first-order valence-corrected chi connectivity index (χ1v) is 9.27. The third kappa shape index (κ3) is 3.18. The van der Waals surface area contributed by atoms with Gasteiger partial charge in [-0.1, -0.05) is 29.0 Å². The molecule has 0 bridgehead atoms. The predicted molar refractivity (Wildman–Crippen MR) is 98.1 cm³/mol. The van der Waals surface area contributed by atoms with Crippen LogP contribution in [0.15, 0.2) is 53.1 Å². The standard InChI is InChI=1S/C17H10ClFN2O2S2/c18-14-7-6-13(24-14)16(22)21(9-10-3-2-8-23-10)17-20-15-11(19)4-1-5-12(15)25-17/h1-8H,9H2. The van der Waals surface area contributed by atoms with Crippen LogP contribution in [0.1, 0.15) is 15.4 Å². The Morgan fingerprint density at radius 1 is 1.20 bits per heavy atom. The minimum Gasteiger partial charge on any atom is -0.467 e. The lowest BCUT2D eigenvalue weighted by molar-refractivity contribution is 0.0987. The van der Waals surface area contributed by atoms with E-state index in [9.17, 15) is 9.18 Å². The van der Waals surface area contributed by atoms with Crippen molar-refractivity contribution < 1.29 is 13.6 Å². The zero-order valence-corrected chi connectivity index (χ0v) is 15.0. The number of thiophene rings is 1. The van der Waals surface area contributed by atoms with Gasteiger partial charge in [-0.25, -0.2) is 9.37 Å². The number of carbonyl (C=O) groups excluding carboxylic acids is 1. The van der Waals surface area contributed by atoms with Crippen molar-refractivity contribution in [2.45, 2.75) is 6.54 Å². The second-order valence-corrected chi connectivity index (χ2v) is 7.88. The van der Waals surface area contributed by atoms with Crippen molar-refractivity contribution in [2.24, 2.45) is 0 Å². The summed E-state index contributed by atoms with van der Waals surface area (Å²) in [6.45, 7) is 0.197. The lowest BCUT2D eigenvalue weighted by Crippen LogP contribution is -2.29. The van der Waals surface area contributed by atoms with Gasteiger partial charge in [-0.2, -0.15) is 0 Å². The monoisotopic (exact) mass is 392 g/mol. The van der Waals surface area contributed by atoms with Gasteiger partial charge in [0, 0.05) is 0 Å². The zero-order valence-electron chi connectivity index (χ0n) is 12.6. The van der Waals surface area contributed by atoms with Crippen LogP contribution in [0.5, 0.6) is 0 Å². The fraction of sp³-hybridized carbons (Fsp3) is 0.0588. The molecule has 0 unspecified atom stereocenters. The first-order valence-electron chi connectivity index (χ1n) is 7.26. The molecule has 0 radical (unpaired) electrons. The highest BCUT2D eigenvalue weighted by Gasteiger charge is 2.24. The van der Waals surface area contributed by atoms with E-state index in [2.05, 4.69) is 4.98 Å². The van der Waals surface area contributed by atoms with Crippen molar-refractivity contribution in [2.75, 3.05) is 4.90 Å². The number of carbonyl (C=O) groups is 1. The summed E-state index contributed by atoms with van der Waals surface area (Å²) in [5.74, 6) is -0.0620. The number of hydrogen-bond acceptors (Lipinski definition) is 5. The van der Waals surface area contributed by atoms with Gasteiger partial charge in [0.1, 0.15) is 17.1 Å². The number of nitrogens with zero attached hydrogens (tertiary/aromatic N) is 2. The summed E-state index contributed by atoms with van der Waals surface area (Å²) in [7, 11) is 0. The van der Waals surface area contributed by atoms with Crippen LogP contribution in [0, 0.1) is 5.82 Å². The van der Waals surface area contributed by atoms with Crippen LogP contribution >= 0.6 is 34.3 Å². The van der Waals surface area contributed by atoms with Crippen molar-refractivity contribution in [1.29, 1.82) is 0 Å². The highest BCUT2D eigenvalue weighted by Crippen LogP contribution is 2.33. The minimum absolute atomic E-state index is 0.197. The number of fused-ring (bicyclic) bond motifs is 1. The molecule has 4 rings (SSSR count). The van der Waals surface area contributed by atoms with Gasteiger partial charge in [-0.15, -0.1) is 11.3 Å². The molecule has 4 aromatic rings. The van der Waals surface area contributed by atoms with Gasteiger partial charge in [0.05, 0.1) is 26.7 Å². The molecule has 0 saturated heterocycles. The first kappa shape index (κ1) is 16.3. The molecule has 0 fully saturated rings. The number of para-hydroxylation sites is 1. The Morgan fingerprint density at radius 3 is 2.76 bits per heavy atom. The quantitative estimate of drug-likeness (QED) is 0.454. The number of anilines is 1. The van der Waals surface area contributed by atoms with Crippen LogP contribution < -0.4 is 4.90 Å². The van der Waals surface area contributed by atoms with Crippen molar-refractivity contribution in [1.82, 2.24) is 4.98 Å². The molecular weight excluding hydrogens is 383 g/mol. The number of hydrogen-bond donors (Lipinski definition) is 0. The van der Waals surface area contributed by atoms with Crippen LogP contribution in [-0.2, 0) is 6.54 Å². The number of amides is 1. The Hall–Kier alpha value is -2.22. The van der Waals surface area contributed by atoms with Crippen molar-refractivity contribution in [3.8, 4) is 0 Å². The van der Waals surface area contributed by atoms with Crippen molar-refractivity contribution in [3.05, 3.63) is 69.5 Å². The molecule has 1 aromatic carbocycles. The summed E-state index contributed by atoms with van der Waals surface area (Å²) >= 11 is 8.39. The van der Waals surface area contributed by atoms with Gasteiger partial charge >= 0.3 is 0 Å². The van der Waals surface area contributed by atoms with E-state index in [0.717, 1.165) is 0 Å². The maximum atomic E-state index is 14.0. The van der Waals surface area contributed by atoms with Gasteiger partial charge in [-0.3, -0.25) is 9.69 Å². The number of halogens is 2. The van der Waals surface area contributed by atoms with E-state index in [-0.39, 0.29) is 18.0 Å². The van der Waals surface area contributed by atoms with Crippen LogP contribution in [0.25, 0.3) is 10.2 Å². The molecule has 0 atom stereocenters. The van der Waals surface area contributed by atoms with Crippen LogP contribution in [0.4, 0.5) is 9.52 Å². The van der Waals surface area contributed by atoms with Crippen molar-refractivity contribution in [3.63, 3.8) is 0 Å². The summed E-state index contributed by atoms with van der Waals surface area (Å²) < 4.78 is 20.5. The van der Waals surface area contributed by atoms with Crippen molar-refractivity contribution >= 4 is 55.5 Å². The Balaban J connectivity index is 1.78. The summed E-state index contributed by atoms with van der Waals surface area (Å²) in [5, 5.41) is 0.408. The second-order valence-electron chi connectivity index (χ2n) is 5.16. The third-order valence-electron chi connectivity index (χ3n) is 3.51. The lowest BCUT2D eigenvalue weighted by Gasteiger charge is -2.17. The molecule has 0 aliphatic heterocycles. The van der Waals surface area contributed by atoms with Crippen LogP contribution in [0.3, 0.4) is 0 Å². The molecule has 8 heteroatoms. The third-order valence-corrected chi connectivity index (χ3v) is 5.78. The average Bonchev–Trinajstić information content (AvgIpc) is 3.32. The number of benzene rings is 1. The number of thiazole rings is 1. The largest absolute Gasteiger partial charge is 0.467 e. The van der Waals surface area contributed by atoms with Crippen LogP contribution in [-0.4, -0.2) is 10.9 Å². The van der Waals surface area contributed by atoms with Gasteiger partial charge in [0.2, 0.25) is 0 Å². The zero-order chi connectivity index (χ0) is 17.4. The molecule has 4 nitrogen and oxygen atoms in total. The van der Waals surface area contributed by atoms with Gasteiger partial charge in [0.15, 0.2) is 5.13 Å². The summed E-state index contributed by atoms with van der Waals surface area (Å²) in [4.78, 5) is 19.2. The molecule has 1 amide bonds. The van der Waals surface area contributed by atoms with E-state index in [4.69, 9.17) is 16.0 Å². The predicted octanol–water partition coefficient (Wildman–Crippen LogP) is 5.59. The Labute approximate surface area is 155 Å². The van der Waals surface area contributed by atoms with Gasteiger partial charge in [0.25, 0.3) is 5.91 Å². The maximum absolute atomic E-state index is 14.0. The van der Waals surface area contributed by atoms with E-state index in [1.165, 1.54) is 39.9 Å². The topological polar surface area (TPSA) is 46.3 Å². The molecule has 3 heterocycles. The Kier molecular flexibility index (Phi) is 4.29. The van der Waals surface area contributed by atoms with E-state index >= 15 is 0 Å². The fourth-order valence-electron chi connectivity index (χ4n) is 2.37. The average molecular weight is 393 g/mol. The van der Waals surface area contributed by atoms with E-state index in [1.807, 2.05) is 0 Å². The molecule has 0 spiro atoms. The summed E-state index contributed by atoms with van der Waals surface area (Å²) in [5.41, 5.74) is 0.254. The SMILES string of the molecule is O=C(c1ccc(Cl)s1)N(Cc1ccco1)c1nc2c(F)cccc2s1. The van der Waals surface area contributed by atoms with Crippen LogP contribution in [0.2, 0.25) is 4.34 Å². The number of aromatic nitrogens is 1. The Bertz CT molecular complexity index is 1040. The molecule has 126 valence electrons. The van der Waals surface area contributed by atoms with E-state index in [0.29, 0.717) is 24.8 Å². The summed E-state index contributed by atoms with van der Waals surface area (Å²) in [6, 6.07) is 11.6. The van der Waals surface area contributed by atoms with E-state index in [1.54, 1.807) is 36.4 Å². The lowest BCUT2D eigenvalue weighted by atomic mass is 10.3. The molecule has 0 aliphatic rings. The maximum Gasteiger partial charge on any atom is 0.270 e. The molecule has 25 heavy (non-hydrogen) atoms. The highest BCUT2D eigenvalue weighted by molar-refractivity contribution is 7.22. The fourth-order valence-corrected chi connectivity index (χ4v) is 4.34. The molecule has 0 saturated carbocycles. The summed E-state index contributed by atoms with van der Waals surface area (Å²) in [6.07, 6.45) is 1.54. The molecule has 0 aliphatic carbocycles. The van der Waals surface area contributed by atoms with E-state index < -0.39 is 5.82 Å². The molecular formula is C17H10ClFN2O2S2. The van der Waals surface area contributed by atoms with Gasteiger partial charge < -0.3 is 4.42 Å². The molecule has 3 aromatic heterocycles. The minimum atomic E-state index is -0.412. The molecule has 0 N–H and O–H groups in total. The smallest absolute Gasteiger partial charge is 0.270 e. The first-order chi connectivity index (χ1) is 12.1. The number of rotatable bonds is 4. The number of furan rings is 1.